The first-order chi connectivity index (χ1) is 11.1. The normalized spacial score (nSPS) is 12.8. The van der Waals surface area contributed by atoms with Crippen molar-refractivity contribution in [3.05, 3.63) is 66.0 Å². The van der Waals surface area contributed by atoms with E-state index in [0.717, 1.165) is 10.5 Å². The van der Waals surface area contributed by atoms with Crippen LogP contribution in [0.25, 0.3) is 0 Å². The third kappa shape index (κ3) is 6.15. The Hall–Kier alpha value is -1.56. The minimum absolute atomic E-state index is 0. The fourth-order valence-electron chi connectivity index (χ4n) is 2.00. The van der Waals surface area contributed by atoms with Gasteiger partial charge in [-0.3, -0.25) is 4.79 Å². The molecule has 2 N–H and O–H groups in total. The predicted octanol–water partition coefficient (Wildman–Crippen LogP) is 3.81. The van der Waals surface area contributed by atoms with Crippen LogP contribution >= 0.6 is 24.2 Å². The second kappa shape index (κ2) is 10.3. The average molecular weight is 369 g/mol. The Labute approximate surface area is 152 Å². The maximum Gasteiger partial charge on any atom is 0.238 e. The van der Waals surface area contributed by atoms with Gasteiger partial charge in [-0.25, -0.2) is 4.39 Å². The Bertz CT molecular complexity index is 625. The van der Waals surface area contributed by atoms with Crippen LogP contribution < -0.4 is 10.6 Å². The maximum atomic E-state index is 13.1. The molecule has 2 aromatic carbocycles. The summed E-state index contributed by atoms with van der Waals surface area (Å²) in [5.41, 5.74) is 0.927. The Balaban J connectivity index is 0.00000288. The van der Waals surface area contributed by atoms with Crippen LogP contribution in [0.5, 0.6) is 0 Å². The van der Waals surface area contributed by atoms with E-state index in [4.69, 9.17) is 0 Å². The molecule has 0 spiro atoms. The molecule has 3 nitrogen and oxygen atoms in total. The lowest BCUT2D eigenvalue weighted by molar-refractivity contribution is -0.120. The number of carbonyl (C=O) groups is 1. The van der Waals surface area contributed by atoms with E-state index in [1.165, 1.54) is 23.9 Å². The number of halogens is 2. The number of hydrogen-bond acceptors (Lipinski definition) is 3. The topological polar surface area (TPSA) is 41.1 Å². The van der Waals surface area contributed by atoms with E-state index in [1.54, 1.807) is 12.1 Å². The molecule has 0 heterocycles. The number of likely N-dealkylation sites (N-methyl/N-ethyl adjacent to an activating group) is 1. The zero-order chi connectivity index (χ0) is 16.7. The van der Waals surface area contributed by atoms with Gasteiger partial charge in [0.1, 0.15) is 11.1 Å². The van der Waals surface area contributed by atoms with Gasteiger partial charge in [-0.2, -0.15) is 0 Å². The molecule has 2 aromatic rings. The lowest BCUT2D eigenvalue weighted by Crippen LogP contribution is -2.38. The number of thioether (sulfide) groups is 1. The van der Waals surface area contributed by atoms with Gasteiger partial charge in [0.05, 0.1) is 0 Å². The Morgan fingerprint density at radius 3 is 2.33 bits per heavy atom. The van der Waals surface area contributed by atoms with E-state index >= 15 is 0 Å². The summed E-state index contributed by atoms with van der Waals surface area (Å²) in [6.07, 6.45) is 0. The van der Waals surface area contributed by atoms with Crippen molar-refractivity contribution in [3.63, 3.8) is 0 Å². The summed E-state index contributed by atoms with van der Waals surface area (Å²) in [5.74, 6) is -0.328. The standard InChI is InChI=1S/C18H21FN2OS.ClH/c1-13(20-2)12-21-18(22)17(14-6-4-3-5-7-14)23-16-10-8-15(19)9-11-16;/h3-11,13,17,20H,12H2,1-2H3,(H,21,22);1H. The minimum atomic E-state index is -0.370. The van der Waals surface area contributed by atoms with Gasteiger partial charge >= 0.3 is 0 Å². The number of benzene rings is 2. The van der Waals surface area contributed by atoms with Gasteiger partial charge in [-0.1, -0.05) is 30.3 Å². The van der Waals surface area contributed by atoms with E-state index in [0.29, 0.717) is 6.54 Å². The quantitative estimate of drug-likeness (QED) is 0.730. The fraction of sp³-hybridized carbons (Fsp3) is 0.278. The number of carbonyl (C=O) groups excluding carboxylic acids is 1. The molecule has 0 radical (unpaired) electrons. The maximum absolute atomic E-state index is 13.1. The Morgan fingerprint density at radius 1 is 1.12 bits per heavy atom. The molecule has 0 aliphatic carbocycles. The molecule has 2 atom stereocenters. The summed E-state index contributed by atoms with van der Waals surface area (Å²) in [6.45, 7) is 2.56. The van der Waals surface area contributed by atoms with Gasteiger partial charge < -0.3 is 10.6 Å². The molecule has 2 rings (SSSR count). The monoisotopic (exact) mass is 368 g/mol. The van der Waals surface area contributed by atoms with Crippen molar-refractivity contribution in [2.24, 2.45) is 0 Å². The highest BCUT2D eigenvalue weighted by atomic mass is 35.5. The molecule has 130 valence electrons. The van der Waals surface area contributed by atoms with E-state index in [-0.39, 0.29) is 35.4 Å². The molecular weight excluding hydrogens is 347 g/mol. The highest BCUT2D eigenvalue weighted by Gasteiger charge is 2.22. The van der Waals surface area contributed by atoms with E-state index < -0.39 is 0 Å². The summed E-state index contributed by atoms with van der Waals surface area (Å²) in [6, 6.07) is 16.0. The second-order valence-electron chi connectivity index (χ2n) is 5.30. The summed E-state index contributed by atoms with van der Waals surface area (Å²) in [7, 11) is 1.86. The molecule has 0 aliphatic heterocycles. The summed E-state index contributed by atoms with van der Waals surface area (Å²) >= 11 is 1.42. The first-order valence-corrected chi connectivity index (χ1v) is 8.40. The first-order valence-electron chi connectivity index (χ1n) is 7.52. The summed E-state index contributed by atoms with van der Waals surface area (Å²) in [4.78, 5) is 13.5. The van der Waals surface area contributed by atoms with Crippen molar-refractivity contribution >= 4 is 30.1 Å². The third-order valence-electron chi connectivity index (χ3n) is 3.48. The van der Waals surface area contributed by atoms with Crippen molar-refractivity contribution in [3.8, 4) is 0 Å². The van der Waals surface area contributed by atoms with Crippen molar-refractivity contribution in [1.82, 2.24) is 10.6 Å². The van der Waals surface area contributed by atoms with Crippen molar-refractivity contribution in [2.75, 3.05) is 13.6 Å². The van der Waals surface area contributed by atoms with E-state index in [1.807, 2.05) is 44.3 Å². The van der Waals surface area contributed by atoms with Crippen molar-refractivity contribution < 1.29 is 9.18 Å². The highest BCUT2D eigenvalue weighted by molar-refractivity contribution is 8.00. The fourth-order valence-corrected chi connectivity index (χ4v) is 3.05. The van der Waals surface area contributed by atoms with Gasteiger partial charge in [-0.05, 0) is 43.8 Å². The van der Waals surface area contributed by atoms with E-state index in [9.17, 15) is 9.18 Å². The van der Waals surface area contributed by atoms with Crippen LogP contribution in [0, 0.1) is 5.82 Å². The molecule has 2 unspecified atom stereocenters. The third-order valence-corrected chi connectivity index (χ3v) is 4.75. The lowest BCUT2D eigenvalue weighted by Gasteiger charge is -2.19. The van der Waals surface area contributed by atoms with Gasteiger partial charge in [0, 0.05) is 17.5 Å². The largest absolute Gasteiger partial charge is 0.353 e. The van der Waals surface area contributed by atoms with Crippen LogP contribution in [0.3, 0.4) is 0 Å². The number of amides is 1. The Kier molecular flexibility index (Phi) is 8.82. The van der Waals surface area contributed by atoms with Gasteiger partial charge in [0.15, 0.2) is 0 Å². The molecule has 1 amide bonds. The molecule has 0 saturated heterocycles. The molecule has 24 heavy (non-hydrogen) atoms. The van der Waals surface area contributed by atoms with Crippen LogP contribution in [-0.2, 0) is 4.79 Å². The van der Waals surface area contributed by atoms with Gasteiger partial charge in [0.2, 0.25) is 5.91 Å². The average Bonchev–Trinajstić information content (AvgIpc) is 2.59. The van der Waals surface area contributed by atoms with Crippen LogP contribution in [0.4, 0.5) is 4.39 Å². The SMILES string of the molecule is CNC(C)CNC(=O)C(Sc1ccc(F)cc1)c1ccccc1.Cl. The van der Waals surface area contributed by atoms with Crippen LogP contribution in [0.15, 0.2) is 59.5 Å². The molecule has 0 saturated carbocycles. The lowest BCUT2D eigenvalue weighted by atomic mass is 10.1. The predicted molar refractivity (Wildman–Crippen MR) is 100 cm³/mol. The van der Waals surface area contributed by atoms with E-state index in [2.05, 4.69) is 10.6 Å². The molecule has 6 heteroatoms. The molecule has 0 aromatic heterocycles. The first kappa shape index (κ1) is 20.5. The zero-order valence-corrected chi connectivity index (χ0v) is 15.3. The molecular formula is C18H22ClFN2OS. The summed E-state index contributed by atoms with van der Waals surface area (Å²) < 4.78 is 13.1. The minimum Gasteiger partial charge on any atom is -0.353 e. The van der Waals surface area contributed by atoms with Crippen LogP contribution in [-0.4, -0.2) is 25.5 Å². The Morgan fingerprint density at radius 2 is 1.75 bits per heavy atom. The highest BCUT2D eigenvalue weighted by Crippen LogP contribution is 2.35. The second-order valence-corrected chi connectivity index (χ2v) is 6.48. The van der Waals surface area contributed by atoms with Gasteiger partial charge in [-0.15, -0.1) is 24.2 Å². The zero-order valence-electron chi connectivity index (χ0n) is 13.7. The summed E-state index contributed by atoms with van der Waals surface area (Å²) in [5, 5.41) is 5.69. The van der Waals surface area contributed by atoms with Gasteiger partial charge in [0.25, 0.3) is 0 Å². The number of hydrogen-bond donors (Lipinski definition) is 2. The van der Waals surface area contributed by atoms with Crippen LogP contribution in [0.1, 0.15) is 17.7 Å². The number of rotatable bonds is 7. The van der Waals surface area contributed by atoms with Crippen molar-refractivity contribution in [2.45, 2.75) is 23.1 Å². The molecule has 0 bridgehead atoms. The number of nitrogens with one attached hydrogen (secondary N) is 2. The van der Waals surface area contributed by atoms with Crippen LogP contribution in [0.2, 0.25) is 0 Å². The van der Waals surface area contributed by atoms with Crippen molar-refractivity contribution in [1.29, 1.82) is 0 Å². The molecule has 0 fully saturated rings. The molecule has 0 aliphatic rings. The smallest absolute Gasteiger partial charge is 0.238 e.